The molecule has 1 aromatic heterocycles. The smallest absolute Gasteiger partial charge is 0.125 e. The average Bonchev–Trinajstić information content (AvgIpc) is 2.76. The van der Waals surface area contributed by atoms with Crippen molar-refractivity contribution in [3.05, 3.63) is 18.2 Å². The summed E-state index contributed by atoms with van der Waals surface area (Å²) in [5, 5.41) is 0. The van der Waals surface area contributed by atoms with Crippen LogP contribution in [0.1, 0.15) is 57.3 Å². The summed E-state index contributed by atoms with van der Waals surface area (Å²) >= 11 is 0. The summed E-state index contributed by atoms with van der Waals surface area (Å²) < 4.78 is 2.46. The molecule has 4 fully saturated rings. The van der Waals surface area contributed by atoms with E-state index in [0.29, 0.717) is 5.54 Å². The Hall–Kier alpha value is -0.830. The van der Waals surface area contributed by atoms with Crippen molar-refractivity contribution in [1.29, 1.82) is 0 Å². The number of imidazole rings is 1. The molecule has 1 heterocycles. The summed E-state index contributed by atoms with van der Waals surface area (Å²) in [5.41, 5.74) is 6.46. The standard InChI is InChI=1S/C15H23N3/c1-10(16)14-17-2-3-18(14)15-7-11-4-12(8-15)6-13(5-11)9-15/h2-3,10-13H,4-9,16H2,1H3. The molecule has 4 bridgehead atoms. The van der Waals surface area contributed by atoms with Crippen LogP contribution in [0.3, 0.4) is 0 Å². The first-order valence-electron chi connectivity index (χ1n) is 7.45. The maximum atomic E-state index is 6.09. The number of rotatable bonds is 2. The summed E-state index contributed by atoms with van der Waals surface area (Å²) in [6.45, 7) is 2.05. The van der Waals surface area contributed by atoms with E-state index in [0.717, 1.165) is 23.6 Å². The number of nitrogens with zero attached hydrogens (tertiary/aromatic N) is 2. The van der Waals surface area contributed by atoms with Crippen molar-refractivity contribution < 1.29 is 0 Å². The van der Waals surface area contributed by atoms with E-state index in [-0.39, 0.29) is 6.04 Å². The Balaban J connectivity index is 1.77. The van der Waals surface area contributed by atoms with Crippen LogP contribution < -0.4 is 5.73 Å². The van der Waals surface area contributed by atoms with Crippen molar-refractivity contribution in [1.82, 2.24) is 9.55 Å². The molecule has 4 saturated carbocycles. The second-order valence-electron chi connectivity index (χ2n) is 7.09. The predicted molar refractivity (Wildman–Crippen MR) is 71.0 cm³/mol. The summed E-state index contributed by atoms with van der Waals surface area (Å²) in [7, 11) is 0. The van der Waals surface area contributed by atoms with E-state index in [9.17, 15) is 0 Å². The minimum atomic E-state index is 0.0491. The molecule has 5 rings (SSSR count). The predicted octanol–water partition coefficient (Wildman–Crippen LogP) is 2.83. The zero-order chi connectivity index (χ0) is 12.3. The zero-order valence-electron chi connectivity index (χ0n) is 11.2. The van der Waals surface area contributed by atoms with Gasteiger partial charge in [-0.3, -0.25) is 0 Å². The van der Waals surface area contributed by atoms with Gasteiger partial charge in [-0.25, -0.2) is 4.98 Å². The number of nitrogens with two attached hydrogens (primary N) is 1. The molecule has 2 N–H and O–H groups in total. The lowest BCUT2D eigenvalue weighted by atomic mass is 9.53. The van der Waals surface area contributed by atoms with Gasteiger partial charge in [0.15, 0.2) is 0 Å². The lowest BCUT2D eigenvalue weighted by molar-refractivity contribution is -0.0447. The van der Waals surface area contributed by atoms with Gasteiger partial charge < -0.3 is 10.3 Å². The van der Waals surface area contributed by atoms with Gasteiger partial charge in [-0.2, -0.15) is 0 Å². The van der Waals surface area contributed by atoms with Crippen molar-refractivity contribution >= 4 is 0 Å². The Labute approximate surface area is 109 Å². The molecule has 1 aromatic rings. The lowest BCUT2D eigenvalue weighted by Crippen LogP contribution is -2.52. The Kier molecular flexibility index (Phi) is 2.20. The number of hydrogen-bond donors (Lipinski definition) is 1. The quantitative estimate of drug-likeness (QED) is 0.870. The molecule has 18 heavy (non-hydrogen) atoms. The van der Waals surface area contributed by atoms with Crippen LogP contribution in [-0.2, 0) is 5.54 Å². The summed E-state index contributed by atoms with van der Waals surface area (Å²) in [4.78, 5) is 4.51. The van der Waals surface area contributed by atoms with Crippen LogP contribution in [0, 0.1) is 17.8 Å². The third kappa shape index (κ3) is 1.43. The molecule has 98 valence electrons. The van der Waals surface area contributed by atoms with Crippen LogP contribution in [0.4, 0.5) is 0 Å². The number of hydrogen-bond acceptors (Lipinski definition) is 2. The highest BCUT2D eigenvalue weighted by atomic mass is 15.2. The first-order chi connectivity index (χ1) is 8.66. The highest BCUT2D eigenvalue weighted by Gasteiger charge is 2.52. The number of aromatic nitrogens is 2. The molecular formula is C15H23N3. The largest absolute Gasteiger partial charge is 0.328 e. The molecule has 4 aliphatic carbocycles. The minimum absolute atomic E-state index is 0.0491. The summed E-state index contributed by atoms with van der Waals surface area (Å²) in [6, 6.07) is 0.0491. The van der Waals surface area contributed by atoms with Crippen molar-refractivity contribution in [3.63, 3.8) is 0 Å². The summed E-state index contributed by atoms with van der Waals surface area (Å²) in [6.07, 6.45) is 12.7. The van der Waals surface area contributed by atoms with Gasteiger partial charge in [0, 0.05) is 17.9 Å². The fraction of sp³-hybridized carbons (Fsp3) is 0.800. The van der Waals surface area contributed by atoms with Gasteiger partial charge in [-0.05, 0) is 63.2 Å². The molecule has 1 unspecified atom stereocenters. The van der Waals surface area contributed by atoms with Gasteiger partial charge in [-0.1, -0.05) is 0 Å². The second-order valence-corrected chi connectivity index (χ2v) is 7.09. The Morgan fingerprint density at radius 2 is 1.78 bits per heavy atom. The Bertz CT molecular complexity index is 425. The first-order valence-corrected chi connectivity index (χ1v) is 7.45. The van der Waals surface area contributed by atoms with Crippen LogP contribution in [0.5, 0.6) is 0 Å². The average molecular weight is 245 g/mol. The Morgan fingerprint density at radius 3 is 2.28 bits per heavy atom. The van der Waals surface area contributed by atoms with E-state index >= 15 is 0 Å². The third-order valence-electron chi connectivity index (χ3n) is 5.59. The molecule has 0 aromatic carbocycles. The molecular weight excluding hydrogens is 222 g/mol. The summed E-state index contributed by atoms with van der Waals surface area (Å²) in [5.74, 6) is 4.01. The van der Waals surface area contributed by atoms with E-state index in [1.54, 1.807) is 0 Å². The lowest BCUT2D eigenvalue weighted by Gasteiger charge is -2.57. The van der Waals surface area contributed by atoms with E-state index in [1.807, 2.05) is 6.20 Å². The van der Waals surface area contributed by atoms with Crippen molar-refractivity contribution in [2.24, 2.45) is 23.5 Å². The minimum Gasteiger partial charge on any atom is -0.328 e. The van der Waals surface area contributed by atoms with E-state index in [4.69, 9.17) is 5.73 Å². The van der Waals surface area contributed by atoms with E-state index in [1.165, 1.54) is 38.5 Å². The third-order valence-corrected chi connectivity index (χ3v) is 5.59. The van der Waals surface area contributed by atoms with Gasteiger partial charge in [-0.15, -0.1) is 0 Å². The van der Waals surface area contributed by atoms with Crippen LogP contribution in [0.25, 0.3) is 0 Å². The van der Waals surface area contributed by atoms with Gasteiger partial charge >= 0.3 is 0 Å². The van der Waals surface area contributed by atoms with Crippen molar-refractivity contribution in [3.8, 4) is 0 Å². The SMILES string of the molecule is CC(N)c1nccn1C12CC3CC(CC(C3)C1)C2. The molecule has 0 spiro atoms. The van der Waals surface area contributed by atoms with Crippen molar-refractivity contribution in [2.45, 2.75) is 57.0 Å². The molecule has 0 radical (unpaired) electrons. The molecule has 4 aliphatic rings. The second kappa shape index (κ2) is 3.60. The monoisotopic (exact) mass is 245 g/mol. The van der Waals surface area contributed by atoms with Crippen LogP contribution in [0.15, 0.2) is 12.4 Å². The highest BCUT2D eigenvalue weighted by molar-refractivity contribution is 5.11. The zero-order valence-corrected chi connectivity index (χ0v) is 11.2. The van der Waals surface area contributed by atoms with Crippen LogP contribution >= 0.6 is 0 Å². The van der Waals surface area contributed by atoms with Gasteiger partial charge in [0.25, 0.3) is 0 Å². The van der Waals surface area contributed by atoms with E-state index < -0.39 is 0 Å². The fourth-order valence-electron chi connectivity index (χ4n) is 5.41. The topological polar surface area (TPSA) is 43.8 Å². The van der Waals surface area contributed by atoms with Crippen molar-refractivity contribution in [2.75, 3.05) is 0 Å². The first kappa shape index (κ1) is 11.0. The van der Waals surface area contributed by atoms with Gasteiger partial charge in [0.1, 0.15) is 5.82 Å². The highest BCUT2D eigenvalue weighted by Crippen LogP contribution is 2.59. The normalized spacial score (nSPS) is 43.3. The molecule has 0 aliphatic heterocycles. The maximum absolute atomic E-state index is 6.09. The van der Waals surface area contributed by atoms with Gasteiger partial charge in [0.05, 0.1) is 6.04 Å². The maximum Gasteiger partial charge on any atom is 0.125 e. The fourth-order valence-corrected chi connectivity index (χ4v) is 5.41. The molecule has 0 amide bonds. The van der Waals surface area contributed by atoms with Gasteiger partial charge in [0.2, 0.25) is 0 Å². The van der Waals surface area contributed by atoms with Crippen LogP contribution in [0.2, 0.25) is 0 Å². The molecule has 3 nitrogen and oxygen atoms in total. The van der Waals surface area contributed by atoms with Crippen LogP contribution in [-0.4, -0.2) is 9.55 Å². The Morgan fingerprint density at radius 1 is 1.22 bits per heavy atom. The molecule has 3 heteroatoms. The van der Waals surface area contributed by atoms with E-state index in [2.05, 4.69) is 22.7 Å². The molecule has 1 atom stereocenters. The molecule has 0 saturated heterocycles.